The fraction of sp³-hybridized carbons (Fsp3) is 0.571. The summed E-state index contributed by atoms with van der Waals surface area (Å²) in [6.07, 6.45) is 3.83. The van der Waals surface area contributed by atoms with Gasteiger partial charge in [0.25, 0.3) is 5.91 Å². The molecule has 2 rings (SSSR count). The number of amides is 1. The zero-order valence-corrected chi connectivity index (χ0v) is 11.7. The fourth-order valence-electron chi connectivity index (χ4n) is 2.32. The van der Waals surface area contributed by atoms with E-state index in [9.17, 15) is 4.79 Å². The molecule has 96 valence electrons. The Bertz CT molecular complexity index is 486. The van der Waals surface area contributed by atoms with Gasteiger partial charge in [-0.1, -0.05) is 6.92 Å². The zero-order valence-electron chi connectivity index (χ0n) is 10.9. The summed E-state index contributed by atoms with van der Waals surface area (Å²) >= 11 is 1.63. The molecule has 18 heavy (non-hydrogen) atoms. The van der Waals surface area contributed by atoms with Gasteiger partial charge >= 0.3 is 0 Å². The molecule has 1 atom stereocenters. The number of nitriles is 1. The van der Waals surface area contributed by atoms with Crippen molar-refractivity contribution in [3.63, 3.8) is 0 Å². The standard InChI is InChI=1S/C14H18N2OS/c1-10-4-5-12-11(8-10)9-13(18-12)14(17)16(2)7-3-6-15/h9-10H,3-5,7-8H2,1-2H3. The molecule has 1 aliphatic carbocycles. The van der Waals surface area contributed by atoms with Crippen LogP contribution < -0.4 is 0 Å². The largest absolute Gasteiger partial charge is 0.340 e. The zero-order chi connectivity index (χ0) is 13.1. The number of hydrogen-bond acceptors (Lipinski definition) is 3. The smallest absolute Gasteiger partial charge is 0.263 e. The Morgan fingerprint density at radius 2 is 2.44 bits per heavy atom. The first-order valence-electron chi connectivity index (χ1n) is 6.35. The van der Waals surface area contributed by atoms with Crippen LogP contribution >= 0.6 is 11.3 Å². The average Bonchev–Trinajstić information content (AvgIpc) is 2.77. The van der Waals surface area contributed by atoms with Gasteiger partial charge in [0.2, 0.25) is 0 Å². The van der Waals surface area contributed by atoms with Gasteiger partial charge in [0, 0.05) is 18.5 Å². The third kappa shape index (κ3) is 2.73. The molecular formula is C14H18N2OS. The van der Waals surface area contributed by atoms with Crippen molar-refractivity contribution in [1.82, 2.24) is 4.90 Å². The van der Waals surface area contributed by atoms with Gasteiger partial charge in [0.15, 0.2) is 0 Å². The number of hydrogen-bond donors (Lipinski definition) is 0. The molecule has 1 aromatic heterocycles. The minimum atomic E-state index is 0.0531. The molecule has 1 aromatic rings. The maximum atomic E-state index is 12.2. The Balaban J connectivity index is 2.10. The van der Waals surface area contributed by atoms with E-state index in [1.54, 1.807) is 23.3 Å². The molecule has 0 aliphatic heterocycles. The molecule has 0 N–H and O–H groups in total. The summed E-state index contributed by atoms with van der Waals surface area (Å²) in [5.41, 5.74) is 1.36. The highest BCUT2D eigenvalue weighted by Gasteiger charge is 2.21. The van der Waals surface area contributed by atoms with E-state index >= 15 is 0 Å². The Kier molecular flexibility index (Phi) is 4.03. The van der Waals surface area contributed by atoms with Gasteiger partial charge in [-0.2, -0.15) is 5.26 Å². The number of rotatable bonds is 3. The van der Waals surface area contributed by atoms with Gasteiger partial charge in [-0.05, 0) is 36.8 Å². The van der Waals surface area contributed by atoms with Crippen LogP contribution in [0.5, 0.6) is 0 Å². The molecule has 0 spiro atoms. The number of thiophene rings is 1. The topological polar surface area (TPSA) is 44.1 Å². The number of fused-ring (bicyclic) bond motifs is 1. The number of nitrogens with zero attached hydrogens (tertiary/aromatic N) is 2. The minimum Gasteiger partial charge on any atom is -0.340 e. The van der Waals surface area contributed by atoms with Crippen molar-refractivity contribution in [1.29, 1.82) is 5.26 Å². The van der Waals surface area contributed by atoms with Crippen LogP contribution in [-0.2, 0) is 12.8 Å². The maximum absolute atomic E-state index is 12.2. The highest BCUT2D eigenvalue weighted by molar-refractivity contribution is 7.14. The maximum Gasteiger partial charge on any atom is 0.263 e. The van der Waals surface area contributed by atoms with Gasteiger partial charge in [0.05, 0.1) is 17.4 Å². The molecule has 1 aliphatic rings. The first-order valence-corrected chi connectivity index (χ1v) is 7.17. The van der Waals surface area contributed by atoms with Crippen molar-refractivity contribution in [2.75, 3.05) is 13.6 Å². The molecule has 3 nitrogen and oxygen atoms in total. The molecule has 0 saturated heterocycles. The Morgan fingerprint density at radius 1 is 1.67 bits per heavy atom. The number of carbonyl (C=O) groups is 1. The van der Waals surface area contributed by atoms with Gasteiger partial charge < -0.3 is 4.90 Å². The monoisotopic (exact) mass is 262 g/mol. The molecule has 0 fully saturated rings. The van der Waals surface area contributed by atoms with Crippen molar-refractivity contribution >= 4 is 17.2 Å². The second kappa shape index (κ2) is 5.53. The average molecular weight is 262 g/mol. The van der Waals surface area contributed by atoms with Crippen molar-refractivity contribution in [3.8, 4) is 6.07 Å². The lowest BCUT2D eigenvalue weighted by atomic mass is 9.90. The van der Waals surface area contributed by atoms with Crippen molar-refractivity contribution in [2.45, 2.75) is 32.6 Å². The van der Waals surface area contributed by atoms with Crippen molar-refractivity contribution in [3.05, 3.63) is 21.4 Å². The molecule has 0 radical (unpaired) electrons. The van der Waals surface area contributed by atoms with Crippen LogP contribution in [0.15, 0.2) is 6.07 Å². The van der Waals surface area contributed by atoms with Crippen molar-refractivity contribution in [2.24, 2.45) is 5.92 Å². The molecule has 1 amide bonds. The summed E-state index contributed by atoms with van der Waals surface area (Å²) in [5, 5.41) is 8.54. The van der Waals surface area contributed by atoms with E-state index < -0.39 is 0 Å². The van der Waals surface area contributed by atoms with Gasteiger partial charge in [-0.3, -0.25) is 4.79 Å². The third-order valence-corrected chi connectivity index (χ3v) is 4.67. The summed E-state index contributed by atoms with van der Waals surface area (Å²) < 4.78 is 0. The van der Waals surface area contributed by atoms with Gasteiger partial charge in [-0.15, -0.1) is 11.3 Å². The fourth-order valence-corrected chi connectivity index (χ4v) is 3.52. The molecule has 4 heteroatoms. The molecule has 0 aromatic carbocycles. The first kappa shape index (κ1) is 13.1. The first-order chi connectivity index (χ1) is 8.61. The predicted octanol–water partition coefficient (Wildman–Crippen LogP) is 2.86. The second-order valence-corrected chi connectivity index (χ2v) is 6.18. The Labute approximate surface area is 112 Å². The van der Waals surface area contributed by atoms with Gasteiger partial charge in [0.1, 0.15) is 0 Å². The van der Waals surface area contributed by atoms with Gasteiger partial charge in [-0.25, -0.2) is 0 Å². The van der Waals surface area contributed by atoms with Crippen LogP contribution in [0.3, 0.4) is 0 Å². The van der Waals surface area contributed by atoms with E-state index in [2.05, 4.69) is 19.1 Å². The van der Waals surface area contributed by atoms with E-state index in [-0.39, 0.29) is 5.91 Å². The molecule has 0 saturated carbocycles. The third-order valence-electron chi connectivity index (χ3n) is 3.45. The summed E-state index contributed by atoms with van der Waals surface area (Å²) in [5.74, 6) is 0.781. The highest BCUT2D eigenvalue weighted by atomic mass is 32.1. The minimum absolute atomic E-state index is 0.0531. The number of aryl methyl sites for hydroxylation is 1. The summed E-state index contributed by atoms with van der Waals surface area (Å²) in [6, 6.07) is 4.13. The van der Waals surface area contributed by atoms with E-state index in [1.807, 2.05) is 0 Å². The normalized spacial score (nSPS) is 17.9. The quantitative estimate of drug-likeness (QED) is 0.840. The summed E-state index contributed by atoms with van der Waals surface area (Å²) in [6.45, 7) is 2.77. The predicted molar refractivity (Wildman–Crippen MR) is 72.7 cm³/mol. The second-order valence-electron chi connectivity index (χ2n) is 5.04. The highest BCUT2D eigenvalue weighted by Crippen LogP contribution is 2.32. The molecule has 1 heterocycles. The van der Waals surface area contributed by atoms with E-state index in [0.717, 1.165) is 23.6 Å². The van der Waals surface area contributed by atoms with E-state index in [0.29, 0.717) is 13.0 Å². The van der Waals surface area contributed by atoms with Crippen LogP contribution in [0.2, 0.25) is 0 Å². The van der Waals surface area contributed by atoms with Crippen molar-refractivity contribution < 1.29 is 4.79 Å². The Hall–Kier alpha value is -1.34. The van der Waals surface area contributed by atoms with Crippen LogP contribution in [0.25, 0.3) is 0 Å². The van der Waals surface area contributed by atoms with Crippen LogP contribution in [0.1, 0.15) is 39.9 Å². The lowest BCUT2D eigenvalue weighted by Gasteiger charge is -2.16. The van der Waals surface area contributed by atoms with Crippen LogP contribution in [0, 0.1) is 17.2 Å². The van der Waals surface area contributed by atoms with E-state index in [4.69, 9.17) is 5.26 Å². The molecule has 1 unspecified atom stereocenters. The summed E-state index contributed by atoms with van der Waals surface area (Å²) in [4.78, 5) is 16.0. The lowest BCUT2D eigenvalue weighted by molar-refractivity contribution is 0.0802. The Morgan fingerprint density at radius 3 is 3.17 bits per heavy atom. The SMILES string of the molecule is CC1CCc2sc(C(=O)N(C)CCC#N)cc2C1. The summed E-state index contributed by atoms with van der Waals surface area (Å²) in [7, 11) is 1.76. The number of carbonyl (C=O) groups excluding carboxylic acids is 1. The van der Waals surface area contributed by atoms with E-state index in [1.165, 1.54) is 16.9 Å². The van der Waals surface area contributed by atoms with Crippen LogP contribution in [-0.4, -0.2) is 24.4 Å². The molecule has 0 bridgehead atoms. The lowest BCUT2D eigenvalue weighted by Crippen LogP contribution is -2.26. The van der Waals surface area contributed by atoms with Crippen LogP contribution in [0.4, 0.5) is 0 Å². The molecular weight excluding hydrogens is 244 g/mol.